The zero-order valence-electron chi connectivity index (χ0n) is 17.1. The average Bonchev–Trinajstić information content (AvgIpc) is 3.31. The van der Waals surface area contributed by atoms with E-state index in [1.807, 2.05) is 20.8 Å². The van der Waals surface area contributed by atoms with E-state index in [1.54, 1.807) is 42.6 Å². The molecule has 2 amide bonds. The van der Waals surface area contributed by atoms with Crippen LogP contribution in [0.3, 0.4) is 0 Å². The SMILES string of the molecule is CC(C)(C)c1cnc(-c2ccc3c(c2)N(C(N)=O)C(C(F)(F)F)N3c2ccccc2)o1. The van der Waals surface area contributed by atoms with Gasteiger partial charge in [0.1, 0.15) is 5.76 Å². The first-order chi connectivity index (χ1) is 14.5. The second-order valence-electron chi connectivity index (χ2n) is 8.31. The number of halogens is 3. The number of carbonyl (C=O) groups excluding carboxylic acids is 1. The van der Waals surface area contributed by atoms with Gasteiger partial charge in [-0.15, -0.1) is 0 Å². The highest BCUT2D eigenvalue weighted by Crippen LogP contribution is 2.49. The molecule has 0 fully saturated rings. The van der Waals surface area contributed by atoms with Crippen LogP contribution in [0.1, 0.15) is 26.5 Å². The van der Waals surface area contributed by atoms with Gasteiger partial charge in [0.25, 0.3) is 0 Å². The summed E-state index contributed by atoms with van der Waals surface area (Å²) >= 11 is 0. The van der Waals surface area contributed by atoms with Crippen LogP contribution >= 0.6 is 0 Å². The number of primary amides is 1. The number of rotatable bonds is 2. The van der Waals surface area contributed by atoms with Crippen molar-refractivity contribution >= 4 is 23.1 Å². The van der Waals surface area contributed by atoms with E-state index < -0.39 is 18.4 Å². The normalized spacial score (nSPS) is 16.5. The molecule has 2 aromatic carbocycles. The largest absolute Gasteiger partial charge is 0.441 e. The number of hydrogen-bond donors (Lipinski definition) is 1. The number of nitrogens with two attached hydrogens (primary N) is 1. The van der Waals surface area contributed by atoms with Gasteiger partial charge in [-0.1, -0.05) is 39.0 Å². The molecule has 0 spiro atoms. The van der Waals surface area contributed by atoms with Crippen LogP contribution in [0.2, 0.25) is 0 Å². The quantitative estimate of drug-likeness (QED) is 0.577. The monoisotopic (exact) mass is 430 g/mol. The molecule has 31 heavy (non-hydrogen) atoms. The molecule has 162 valence electrons. The second-order valence-corrected chi connectivity index (χ2v) is 8.31. The summed E-state index contributed by atoms with van der Waals surface area (Å²) in [4.78, 5) is 18.0. The van der Waals surface area contributed by atoms with Crippen molar-refractivity contribution in [2.24, 2.45) is 5.73 Å². The van der Waals surface area contributed by atoms with Gasteiger partial charge in [-0.3, -0.25) is 4.90 Å². The lowest BCUT2D eigenvalue weighted by atomic mass is 9.94. The zero-order valence-corrected chi connectivity index (χ0v) is 17.1. The van der Waals surface area contributed by atoms with Crippen LogP contribution in [0.4, 0.5) is 35.0 Å². The van der Waals surface area contributed by atoms with Crippen molar-refractivity contribution in [2.45, 2.75) is 38.5 Å². The van der Waals surface area contributed by atoms with Crippen LogP contribution in [0.5, 0.6) is 0 Å². The van der Waals surface area contributed by atoms with Crippen molar-refractivity contribution in [3.8, 4) is 11.5 Å². The third kappa shape index (κ3) is 3.60. The van der Waals surface area contributed by atoms with E-state index >= 15 is 0 Å². The fraction of sp³-hybridized carbons (Fsp3) is 0.273. The second kappa shape index (κ2) is 7.04. The van der Waals surface area contributed by atoms with Crippen molar-refractivity contribution in [1.82, 2.24) is 4.98 Å². The minimum Gasteiger partial charge on any atom is -0.441 e. The van der Waals surface area contributed by atoms with E-state index in [9.17, 15) is 18.0 Å². The number of carbonyl (C=O) groups is 1. The van der Waals surface area contributed by atoms with E-state index in [4.69, 9.17) is 10.2 Å². The molecule has 2 heterocycles. The Balaban J connectivity index is 1.88. The van der Waals surface area contributed by atoms with Crippen LogP contribution in [-0.2, 0) is 5.41 Å². The maximum Gasteiger partial charge on any atom is 0.428 e. The first-order valence-electron chi connectivity index (χ1n) is 9.59. The van der Waals surface area contributed by atoms with E-state index in [0.717, 1.165) is 4.90 Å². The molecule has 0 aliphatic carbocycles. The fourth-order valence-electron chi connectivity index (χ4n) is 3.59. The molecule has 4 rings (SSSR count). The predicted octanol–water partition coefficient (Wildman–Crippen LogP) is 5.56. The van der Waals surface area contributed by atoms with Gasteiger partial charge in [0.05, 0.1) is 17.6 Å². The van der Waals surface area contributed by atoms with Gasteiger partial charge in [-0.2, -0.15) is 13.2 Å². The highest BCUT2D eigenvalue weighted by molar-refractivity contribution is 6.01. The number of oxazole rings is 1. The van der Waals surface area contributed by atoms with E-state index in [2.05, 4.69) is 4.98 Å². The molecule has 1 aliphatic heterocycles. The molecule has 6 nitrogen and oxygen atoms in total. The maximum absolute atomic E-state index is 14.1. The summed E-state index contributed by atoms with van der Waals surface area (Å²) in [6, 6.07) is 11.4. The Morgan fingerprint density at radius 2 is 1.74 bits per heavy atom. The van der Waals surface area contributed by atoms with Crippen LogP contribution in [0.15, 0.2) is 59.1 Å². The molecular weight excluding hydrogens is 409 g/mol. The van der Waals surface area contributed by atoms with Crippen molar-refractivity contribution in [2.75, 3.05) is 9.80 Å². The van der Waals surface area contributed by atoms with Crippen molar-refractivity contribution < 1.29 is 22.4 Å². The first kappa shape index (κ1) is 20.8. The Hall–Kier alpha value is -3.49. The Morgan fingerprint density at radius 1 is 1.06 bits per heavy atom. The first-order valence-corrected chi connectivity index (χ1v) is 9.59. The number of alkyl halides is 3. The van der Waals surface area contributed by atoms with Crippen molar-refractivity contribution in [1.29, 1.82) is 0 Å². The van der Waals surface area contributed by atoms with Crippen LogP contribution in [0.25, 0.3) is 11.5 Å². The summed E-state index contributed by atoms with van der Waals surface area (Å²) in [5.74, 6) is 0.882. The Labute approximate surface area is 177 Å². The summed E-state index contributed by atoms with van der Waals surface area (Å²) in [5.41, 5.74) is 6.09. The van der Waals surface area contributed by atoms with Gasteiger partial charge >= 0.3 is 12.2 Å². The minimum atomic E-state index is -4.76. The molecule has 0 saturated carbocycles. The highest BCUT2D eigenvalue weighted by Gasteiger charge is 2.55. The Bertz CT molecular complexity index is 1120. The molecule has 0 saturated heterocycles. The Morgan fingerprint density at radius 3 is 2.29 bits per heavy atom. The molecular formula is C22H21F3N4O2. The molecule has 2 N–H and O–H groups in total. The minimum absolute atomic E-state index is 0.0340. The standard InChI is InChI=1S/C22H21F3N4O2/c1-21(2,3)17-12-27-18(31-17)13-9-10-15-16(11-13)29(20(26)30)19(22(23,24)25)28(15)14-7-5-4-6-8-14/h4-12,19H,1-3H3,(H2,26,30). The smallest absolute Gasteiger partial charge is 0.428 e. The average molecular weight is 430 g/mol. The van der Waals surface area contributed by atoms with Crippen LogP contribution in [-0.4, -0.2) is 23.4 Å². The summed E-state index contributed by atoms with van der Waals surface area (Å²) < 4.78 is 48.1. The maximum atomic E-state index is 14.1. The Kier molecular flexibility index (Phi) is 4.72. The number of hydrogen-bond acceptors (Lipinski definition) is 4. The molecule has 0 bridgehead atoms. The number of urea groups is 1. The number of para-hydroxylation sites is 1. The van der Waals surface area contributed by atoms with E-state index in [1.165, 1.54) is 12.1 Å². The van der Waals surface area contributed by atoms with Crippen LogP contribution < -0.4 is 15.5 Å². The third-order valence-corrected chi connectivity index (χ3v) is 5.04. The molecule has 3 aromatic rings. The molecule has 0 radical (unpaired) electrons. The van der Waals surface area contributed by atoms with Gasteiger partial charge in [0.15, 0.2) is 0 Å². The lowest BCUT2D eigenvalue weighted by Gasteiger charge is -2.32. The van der Waals surface area contributed by atoms with Gasteiger partial charge < -0.3 is 15.1 Å². The summed E-state index contributed by atoms with van der Waals surface area (Å²) in [6.45, 7) is 5.88. The molecule has 1 atom stereocenters. The molecule has 1 aromatic heterocycles. The van der Waals surface area contributed by atoms with Gasteiger partial charge in [-0.05, 0) is 30.3 Å². The van der Waals surface area contributed by atoms with E-state index in [-0.39, 0.29) is 28.4 Å². The summed E-state index contributed by atoms with van der Waals surface area (Å²) in [7, 11) is 0. The van der Waals surface area contributed by atoms with E-state index in [0.29, 0.717) is 16.2 Å². The van der Waals surface area contributed by atoms with Gasteiger partial charge in [0.2, 0.25) is 12.1 Å². The predicted molar refractivity (Wildman–Crippen MR) is 111 cm³/mol. The fourth-order valence-corrected chi connectivity index (χ4v) is 3.59. The number of benzene rings is 2. The highest BCUT2D eigenvalue weighted by atomic mass is 19.4. The van der Waals surface area contributed by atoms with Gasteiger partial charge in [0, 0.05) is 16.7 Å². The molecule has 1 aliphatic rings. The third-order valence-electron chi connectivity index (χ3n) is 5.04. The van der Waals surface area contributed by atoms with Crippen molar-refractivity contribution in [3.63, 3.8) is 0 Å². The summed E-state index contributed by atoms with van der Waals surface area (Å²) in [5, 5.41) is 0. The van der Waals surface area contributed by atoms with Crippen LogP contribution in [0, 0.1) is 0 Å². The number of anilines is 3. The number of amides is 2. The van der Waals surface area contributed by atoms with Gasteiger partial charge in [-0.25, -0.2) is 9.78 Å². The number of aromatic nitrogens is 1. The number of nitrogens with zero attached hydrogens (tertiary/aromatic N) is 3. The topological polar surface area (TPSA) is 75.6 Å². The molecule has 1 unspecified atom stereocenters. The summed E-state index contributed by atoms with van der Waals surface area (Å²) in [6.07, 6.45) is -5.44. The van der Waals surface area contributed by atoms with Crippen molar-refractivity contribution in [3.05, 3.63) is 60.5 Å². The lowest BCUT2D eigenvalue weighted by molar-refractivity contribution is -0.143. The number of fused-ring (bicyclic) bond motifs is 1. The lowest BCUT2D eigenvalue weighted by Crippen LogP contribution is -2.55. The molecule has 9 heteroatoms. The zero-order chi connectivity index (χ0) is 22.6.